The number of hydrogen-bond acceptors (Lipinski definition) is 5. The lowest BCUT2D eigenvalue weighted by Gasteiger charge is -2.12. The third-order valence-electron chi connectivity index (χ3n) is 4.58. The standard InChI is InChI=1S/C22H26N4O4/c1-15(27)25-17-7-9-18(10-8-17)26-21(28)14-23-19-5-2-4-16(12-19)22(29)24-13-20-6-3-11-30-20/h2,4-5,7-10,12,20,23H,3,6,11,13-14H2,1H3,(H,24,29)(H,25,27)(H,26,28). The van der Waals surface area contributed by atoms with E-state index < -0.39 is 0 Å². The van der Waals surface area contributed by atoms with Crippen molar-refractivity contribution in [3.63, 3.8) is 0 Å². The second-order valence-electron chi connectivity index (χ2n) is 7.09. The summed E-state index contributed by atoms with van der Waals surface area (Å²) in [5, 5.41) is 11.3. The van der Waals surface area contributed by atoms with Gasteiger partial charge in [0.15, 0.2) is 0 Å². The second-order valence-corrected chi connectivity index (χ2v) is 7.09. The summed E-state index contributed by atoms with van der Waals surface area (Å²) >= 11 is 0. The van der Waals surface area contributed by atoms with E-state index in [0.29, 0.717) is 29.2 Å². The average Bonchev–Trinajstić information content (AvgIpc) is 3.25. The molecule has 0 saturated carbocycles. The fraction of sp³-hybridized carbons (Fsp3) is 0.318. The van der Waals surface area contributed by atoms with Gasteiger partial charge in [-0.3, -0.25) is 14.4 Å². The average molecular weight is 410 g/mol. The van der Waals surface area contributed by atoms with Crippen molar-refractivity contribution in [3.05, 3.63) is 54.1 Å². The summed E-state index contributed by atoms with van der Waals surface area (Å²) in [5.74, 6) is -0.549. The summed E-state index contributed by atoms with van der Waals surface area (Å²) < 4.78 is 5.51. The van der Waals surface area contributed by atoms with Crippen LogP contribution in [0, 0.1) is 0 Å². The van der Waals surface area contributed by atoms with Gasteiger partial charge in [0.1, 0.15) is 0 Å². The number of benzene rings is 2. The van der Waals surface area contributed by atoms with E-state index in [9.17, 15) is 14.4 Å². The lowest BCUT2D eigenvalue weighted by atomic mass is 10.1. The Bertz CT molecular complexity index is 892. The Labute approximate surface area is 175 Å². The molecule has 1 aliphatic rings. The van der Waals surface area contributed by atoms with Gasteiger partial charge < -0.3 is 26.0 Å². The Morgan fingerprint density at radius 1 is 1.00 bits per heavy atom. The first-order valence-corrected chi connectivity index (χ1v) is 9.91. The summed E-state index contributed by atoms with van der Waals surface area (Å²) in [6.45, 7) is 2.74. The topological polar surface area (TPSA) is 109 Å². The Morgan fingerprint density at radius 2 is 1.73 bits per heavy atom. The lowest BCUT2D eigenvalue weighted by Crippen LogP contribution is -2.31. The molecule has 1 atom stereocenters. The summed E-state index contributed by atoms with van der Waals surface area (Å²) in [6.07, 6.45) is 2.08. The quantitative estimate of drug-likeness (QED) is 0.535. The van der Waals surface area contributed by atoms with Crippen molar-refractivity contribution < 1.29 is 19.1 Å². The molecule has 3 amide bonds. The maximum atomic E-state index is 12.3. The van der Waals surface area contributed by atoms with Crippen molar-refractivity contribution in [2.75, 3.05) is 35.6 Å². The molecule has 8 heteroatoms. The van der Waals surface area contributed by atoms with Gasteiger partial charge in [-0.2, -0.15) is 0 Å². The summed E-state index contributed by atoms with van der Waals surface area (Å²) in [4.78, 5) is 35.5. The van der Waals surface area contributed by atoms with E-state index in [0.717, 1.165) is 19.4 Å². The Balaban J connectivity index is 1.46. The molecule has 30 heavy (non-hydrogen) atoms. The second kappa shape index (κ2) is 10.4. The maximum Gasteiger partial charge on any atom is 0.251 e. The van der Waals surface area contributed by atoms with Crippen LogP contribution >= 0.6 is 0 Å². The van der Waals surface area contributed by atoms with Crippen LogP contribution in [0.4, 0.5) is 17.1 Å². The Hall–Kier alpha value is -3.39. The number of rotatable bonds is 8. The number of carbonyl (C=O) groups is 3. The van der Waals surface area contributed by atoms with Crippen LogP contribution in [0.15, 0.2) is 48.5 Å². The zero-order valence-electron chi connectivity index (χ0n) is 16.9. The van der Waals surface area contributed by atoms with Crippen LogP contribution < -0.4 is 21.3 Å². The SMILES string of the molecule is CC(=O)Nc1ccc(NC(=O)CNc2cccc(C(=O)NCC3CCCO3)c2)cc1. The van der Waals surface area contributed by atoms with Crippen LogP contribution in [0.25, 0.3) is 0 Å². The van der Waals surface area contributed by atoms with Gasteiger partial charge in [0.25, 0.3) is 5.91 Å². The first-order valence-electron chi connectivity index (χ1n) is 9.91. The van der Waals surface area contributed by atoms with Crippen LogP contribution in [-0.4, -0.2) is 43.5 Å². The molecule has 1 unspecified atom stereocenters. The predicted molar refractivity (Wildman–Crippen MR) is 116 cm³/mol. The highest BCUT2D eigenvalue weighted by Crippen LogP contribution is 2.15. The molecular formula is C22H26N4O4. The number of nitrogens with one attached hydrogen (secondary N) is 4. The predicted octanol–water partition coefficient (Wildman–Crippen LogP) is 2.60. The van der Waals surface area contributed by atoms with E-state index in [1.165, 1.54) is 6.92 Å². The molecule has 0 spiro atoms. The van der Waals surface area contributed by atoms with E-state index in [2.05, 4.69) is 21.3 Å². The van der Waals surface area contributed by atoms with Gasteiger partial charge in [-0.05, 0) is 55.3 Å². The third-order valence-corrected chi connectivity index (χ3v) is 4.58. The lowest BCUT2D eigenvalue weighted by molar-refractivity contribution is -0.115. The first-order chi connectivity index (χ1) is 14.5. The fourth-order valence-electron chi connectivity index (χ4n) is 3.11. The van der Waals surface area contributed by atoms with Gasteiger partial charge in [-0.1, -0.05) is 6.07 Å². The number of hydrogen-bond donors (Lipinski definition) is 4. The molecule has 8 nitrogen and oxygen atoms in total. The van der Waals surface area contributed by atoms with Gasteiger partial charge in [-0.15, -0.1) is 0 Å². The van der Waals surface area contributed by atoms with Crippen LogP contribution in [0.1, 0.15) is 30.1 Å². The summed E-state index contributed by atoms with van der Waals surface area (Å²) in [7, 11) is 0. The Kier molecular flexibility index (Phi) is 7.40. The number of anilines is 3. The molecule has 0 bridgehead atoms. The number of ether oxygens (including phenoxy) is 1. The van der Waals surface area contributed by atoms with Gasteiger partial charge in [-0.25, -0.2) is 0 Å². The van der Waals surface area contributed by atoms with Crippen molar-refractivity contribution in [2.45, 2.75) is 25.9 Å². The highest BCUT2D eigenvalue weighted by atomic mass is 16.5. The molecule has 3 rings (SSSR count). The minimum absolute atomic E-state index is 0.0500. The van der Waals surface area contributed by atoms with Crippen molar-refractivity contribution in [1.82, 2.24) is 5.32 Å². The van der Waals surface area contributed by atoms with E-state index in [1.807, 2.05) is 0 Å². The van der Waals surface area contributed by atoms with E-state index in [4.69, 9.17) is 4.74 Å². The van der Waals surface area contributed by atoms with E-state index >= 15 is 0 Å². The Morgan fingerprint density at radius 3 is 2.40 bits per heavy atom. The van der Waals surface area contributed by atoms with Crippen molar-refractivity contribution in [1.29, 1.82) is 0 Å². The van der Waals surface area contributed by atoms with Crippen molar-refractivity contribution >= 4 is 34.8 Å². The molecule has 1 fully saturated rings. The highest BCUT2D eigenvalue weighted by molar-refractivity contribution is 5.96. The normalized spacial score (nSPS) is 15.3. The molecule has 1 aliphatic heterocycles. The van der Waals surface area contributed by atoms with Crippen molar-refractivity contribution in [3.8, 4) is 0 Å². The summed E-state index contributed by atoms with van der Waals surface area (Å²) in [6, 6.07) is 13.8. The third kappa shape index (κ3) is 6.59. The van der Waals surface area contributed by atoms with Gasteiger partial charge in [0, 0.05) is 42.7 Å². The molecule has 0 aliphatic carbocycles. The van der Waals surface area contributed by atoms with Gasteiger partial charge in [0.2, 0.25) is 11.8 Å². The van der Waals surface area contributed by atoms with Gasteiger partial charge in [0.05, 0.1) is 12.6 Å². The molecule has 158 valence electrons. The maximum absolute atomic E-state index is 12.3. The first kappa shape index (κ1) is 21.3. The minimum atomic E-state index is -0.226. The smallest absolute Gasteiger partial charge is 0.251 e. The van der Waals surface area contributed by atoms with Crippen LogP contribution in [0.3, 0.4) is 0 Å². The van der Waals surface area contributed by atoms with Crippen LogP contribution in [0.2, 0.25) is 0 Å². The molecule has 2 aromatic carbocycles. The largest absolute Gasteiger partial charge is 0.376 e. The van der Waals surface area contributed by atoms with E-state index in [-0.39, 0.29) is 30.4 Å². The molecule has 2 aromatic rings. The molecule has 1 saturated heterocycles. The monoisotopic (exact) mass is 410 g/mol. The molecule has 0 radical (unpaired) electrons. The number of carbonyl (C=O) groups excluding carboxylic acids is 3. The molecule has 4 N–H and O–H groups in total. The minimum Gasteiger partial charge on any atom is -0.376 e. The van der Waals surface area contributed by atoms with Crippen molar-refractivity contribution in [2.24, 2.45) is 0 Å². The highest BCUT2D eigenvalue weighted by Gasteiger charge is 2.16. The van der Waals surface area contributed by atoms with Crippen LogP contribution in [0.5, 0.6) is 0 Å². The summed E-state index contributed by atoms with van der Waals surface area (Å²) in [5.41, 5.74) is 2.48. The molecular weight excluding hydrogens is 384 g/mol. The zero-order valence-corrected chi connectivity index (χ0v) is 16.9. The fourth-order valence-corrected chi connectivity index (χ4v) is 3.11. The van der Waals surface area contributed by atoms with E-state index in [1.54, 1.807) is 48.5 Å². The van der Waals surface area contributed by atoms with Gasteiger partial charge >= 0.3 is 0 Å². The van der Waals surface area contributed by atoms with Crippen LogP contribution in [-0.2, 0) is 14.3 Å². The molecule has 0 aromatic heterocycles. The molecule has 1 heterocycles. The zero-order chi connectivity index (χ0) is 21.3. The number of amides is 3.